The standard InChI is InChI=1S/C12H17BrN2O/c1-8(14)11-6-9(13)2-3-12(11)15-5-4-10(16)7-15/h2-3,6,8,10,16H,4-5,7,14H2,1H3. The molecule has 1 aromatic rings. The number of hydrogen-bond donors (Lipinski definition) is 2. The zero-order valence-corrected chi connectivity index (χ0v) is 10.9. The predicted molar refractivity (Wildman–Crippen MR) is 69.6 cm³/mol. The molecule has 0 amide bonds. The number of nitrogens with two attached hydrogens (primary N) is 1. The predicted octanol–water partition coefficient (Wildman–Crippen LogP) is 2.04. The van der Waals surface area contributed by atoms with Gasteiger partial charge in [0.2, 0.25) is 0 Å². The van der Waals surface area contributed by atoms with E-state index in [0.717, 1.165) is 28.7 Å². The summed E-state index contributed by atoms with van der Waals surface area (Å²) in [6, 6.07) is 6.16. The molecule has 1 saturated heterocycles. The summed E-state index contributed by atoms with van der Waals surface area (Å²) in [5.41, 5.74) is 8.25. The van der Waals surface area contributed by atoms with E-state index >= 15 is 0 Å². The van der Waals surface area contributed by atoms with Gasteiger partial charge in [0.15, 0.2) is 0 Å². The van der Waals surface area contributed by atoms with E-state index in [1.165, 1.54) is 0 Å². The second-order valence-corrected chi connectivity index (χ2v) is 5.30. The average Bonchev–Trinajstić information content (AvgIpc) is 2.64. The van der Waals surface area contributed by atoms with Crippen molar-refractivity contribution in [2.24, 2.45) is 5.73 Å². The number of benzene rings is 1. The Morgan fingerprint density at radius 2 is 2.31 bits per heavy atom. The minimum atomic E-state index is -0.204. The normalized spacial score (nSPS) is 22.5. The molecule has 4 heteroatoms. The molecule has 88 valence electrons. The Hall–Kier alpha value is -0.580. The van der Waals surface area contributed by atoms with E-state index in [1.807, 2.05) is 13.0 Å². The minimum Gasteiger partial charge on any atom is -0.391 e. The highest BCUT2D eigenvalue weighted by molar-refractivity contribution is 9.10. The van der Waals surface area contributed by atoms with Crippen molar-refractivity contribution in [1.82, 2.24) is 0 Å². The van der Waals surface area contributed by atoms with Gasteiger partial charge in [-0.2, -0.15) is 0 Å². The van der Waals surface area contributed by atoms with Gasteiger partial charge in [-0.3, -0.25) is 0 Å². The summed E-state index contributed by atoms with van der Waals surface area (Å²) in [5.74, 6) is 0. The maximum absolute atomic E-state index is 9.56. The van der Waals surface area contributed by atoms with Crippen LogP contribution in [0.1, 0.15) is 24.9 Å². The van der Waals surface area contributed by atoms with Crippen molar-refractivity contribution < 1.29 is 5.11 Å². The molecule has 0 bridgehead atoms. The van der Waals surface area contributed by atoms with Gasteiger partial charge in [0.05, 0.1) is 6.10 Å². The fraction of sp³-hybridized carbons (Fsp3) is 0.500. The first-order valence-corrected chi connectivity index (χ1v) is 6.35. The number of nitrogens with zero attached hydrogens (tertiary/aromatic N) is 1. The van der Waals surface area contributed by atoms with Crippen molar-refractivity contribution in [2.75, 3.05) is 18.0 Å². The second kappa shape index (κ2) is 4.73. The van der Waals surface area contributed by atoms with Crippen LogP contribution < -0.4 is 10.6 Å². The quantitative estimate of drug-likeness (QED) is 0.874. The van der Waals surface area contributed by atoms with Crippen molar-refractivity contribution in [3.05, 3.63) is 28.2 Å². The van der Waals surface area contributed by atoms with Crippen LogP contribution in [0.15, 0.2) is 22.7 Å². The van der Waals surface area contributed by atoms with Gasteiger partial charge in [-0.1, -0.05) is 15.9 Å². The molecule has 2 rings (SSSR count). The van der Waals surface area contributed by atoms with Crippen LogP contribution in [0.25, 0.3) is 0 Å². The molecular formula is C12H17BrN2O. The summed E-state index contributed by atoms with van der Waals surface area (Å²) >= 11 is 3.46. The third-order valence-corrected chi connectivity index (χ3v) is 3.48. The Morgan fingerprint density at radius 1 is 1.56 bits per heavy atom. The Bertz CT molecular complexity index is 381. The fourth-order valence-corrected chi connectivity index (χ4v) is 2.52. The van der Waals surface area contributed by atoms with Crippen LogP contribution in [-0.2, 0) is 0 Å². The summed E-state index contributed by atoms with van der Waals surface area (Å²) in [6.07, 6.45) is 0.638. The van der Waals surface area contributed by atoms with Gasteiger partial charge in [-0.05, 0) is 37.1 Å². The lowest BCUT2D eigenvalue weighted by Crippen LogP contribution is -2.23. The molecule has 2 atom stereocenters. The summed E-state index contributed by atoms with van der Waals surface area (Å²) in [5, 5.41) is 9.56. The van der Waals surface area contributed by atoms with Crippen molar-refractivity contribution in [2.45, 2.75) is 25.5 Å². The Morgan fingerprint density at radius 3 is 2.88 bits per heavy atom. The Balaban J connectivity index is 2.32. The van der Waals surface area contributed by atoms with Crippen molar-refractivity contribution >= 4 is 21.6 Å². The second-order valence-electron chi connectivity index (χ2n) is 4.38. The van der Waals surface area contributed by atoms with Gasteiger partial charge >= 0.3 is 0 Å². The molecule has 1 aliphatic rings. The number of aliphatic hydroxyl groups is 1. The van der Waals surface area contributed by atoms with Crippen molar-refractivity contribution in [1.29, 1.82) is 0 Å². The van der Waals surface area contributed by atoms with Crippen LogP contribution in [0.3, 0.4) is 0 Å². The largest absolute Gasteiger partial charge is 0.391 e. The summed E-state index contributed by atoms with van der Waals surface area (Å²) in [7, 11) is 0. The molecular weight excluding hydrogens is 268 g/mol. The van der Waals surface area contributed by atoms with Crippen LogP contribution in [-0.4, -0.2) is 24.3 Å². The molecule has 1 fully saturated rings. The number of aliphatic hydroxyl groups excluding tert-OH is 1. The lowest BCUT2D eigenvalue weighted by atomic mass is 10.1. The Labute approximate surface area is 104 Å². The molecule has 3 nitrogen and oxygen atoms in total. The van der Waals surface area contributed by atoms with Crippen LogP contribution in [0.2, 0.25) is 0 Å². The first-order chi connectivity index (χ1) is 7.58. The molecule has 0 aromatic heterocycles. The third kappa shape index (κ3) is 2.39. The third-order valence-electron chi connectivity index (χ3n) is 2.98. The van der Waals surface area contributed by atoms with Crippen molar-refractivity contribution in [3.8, 4) is 0 Å². The van der Waals surface area contributed by atoms with E-state index in [1.54, 1.807) is 0 Å². The van der Waals surface area contributed by atoms with E-state index in [4.69, 9.17) is 5.73 Å². The highest BCUT2D eigenvalue weighted by Crippen LogP contribution is 2.30. The monoisotopic (exact) mass is 284 g/mol. The van der Waals surface area contributed by atoms with Gasteiger partial charge in [-0.25, -0.2) is 0 Å². The van der Waals surface area contributed by atoms with Crippen LogP contribution >= 0.6 is 15.9 Å². The number of β-amino-alcohol motifs (C(OH)–C–C–N with tert-alkyl or cyclic N) is 1. The van der Waals surface area contributed by atoms with Crippen LogP contribution in [0.5, 0.6) is 0 Å². The van der Waals surface area contributed by atoms with Gasteiger partial charge in [0, 0.05) is 29.3 Å². The highest BCUT2D eigenvalue weighted by Gasteiger charge is 2.23. The molecule has 0 radical (unpaired) electrons. The fourth-order valence-electron chi connectivity index (χ4n) is 2.14. The summed E-state index contributed by atoms with van der Waals surface area (Å²) < 4.78 is 1.04. The van der Waals surface area contributed by atoms with E-state index in [9.17, 15) is 5.11 Å². The molecule has 2 unspecified atom stereocenters. The molecule has 3 N–H and O–H groups in total. The zero-order chi connectivity index (χ0) is 11.7. The minimum absolute atomic E-state index is 0.00485. The first-order valence-electron chi connectivity index (χ1n) is 5.56. The van der Waals surface area contributed by atoms with Gasteiger partial charge in [0.25, 0.3) is 0 Å². The number of halogens is 1. The lowest BCUT2D eigenvalue weighted by Gasteiger charge is -2.23. The van der Waals surface area contributed by atoms with Crippen LogP contribution in [0.4, 0.5) is 5.69 Å². The van der Waals surface area contributed by atoms with E-state index < -0.39 is 0 Å². The van der Waals surface area contributed by atoms with E-state index in [2.05, 4.69) is 33.0 Å². The van der Waals surface area contributed by atoms with Gasteiger partial charge in [0.1, 0.15) is 0 Å². The summed E-state index contributed by atoms with van der Waals surface area (Å²) in [4.78, 5) is 2.20. The summed E-state index contributed by atoms with van der Waals surface area (Å²) in [6.45, 7) is 3.60. The molecule has 0 spiro atoms. The smallest absolute Gasteiger partial charge is 0.0731 e. The number of rotatable bonds is 2. The molecule has 1 heterocycles. The number of anilines is 1. The van der Waals surface area contributed by atoms with E-state index in [-0.39, 0.29) is 12.1 Å². The highest BCUT2D eigenvalue weighted by atomic mass is 79.9. The SMILES string of the molecule is CC(N)c1cc(Br)ccc1N1CCC(O)C1. The zero-order valence-electron chi connectivity index (χ0n) is 9.36. The van der Waals surface area contributed by atoms with Crippen LogP contribution in [0, 0.1) is 0 Å². The molecule has 16 heavy (non-hydrogen) atoms. The topological polar surface area (TPSA) is 49.5 Å². The number of hydrogen-bond acceptors (Lipinski definition) is 3. The van der Waals surface area contributed by atoms with Crippen molar-refractivity contribution in [3.63, 3.8) is 0 Å². The maximum Gasteiger partial charge on any atom is 0.0731 e. The van der Waals surface area contributed by atoms with Gasteiger partial charge < -0.3 is 15.7 Å². The molecule has 0 saturated carbocycles. The molecule has 1 aromatic carbocycles. The Kier molecular flexibility index (Phi) is 3.52. The first kappa shape index (κ1) is 11.9. The average molecular weight is 285 g/mol. The molecule has 1 aliphatic heterocycles. The molecule has 0 aliphatic carbocycles. The van der Waals surface area contributed by atoms with Gasteiger partial charge in [-0.15, -0.1) is 0 Å². The maximum atomic E-state index is 9.56. The lowest BCUT2D eigenvalue weighted by molar-refractivity contribution is 0.198. The van der Waals surface area contributed by atoms with E-state index in [0.29, 0.717) is 6.54 Å².